The number of carbonyl (C=O) groups excluding carboxylic acids is 2. The number of pyridine rings is 1. The fraction of sp³-hybridized carbons (Fsp3) is 0.459. The number of likely N-dealkylation sites (N-methyl/N-ethyl adjacent to an activating group) is 1. The molecule has 1 saturated carbocycles. The average Bonchev–Trinajstić information content (AvgIpc) is 2.95. The molecule has 0 aliphatic heterocycles. The summed E-state index contributed by atoms with van der Waals surface area (Å²) in [5.41, 5.74) is 2.95. The summed E-state index contributed by atoms with van der Waals surface area (Å²) in [5.74, 6) is -3.31. The topological polar surface area (TPSA) is 121 Å². The molecule has 1 aliphatic rings. The van der Waals surface area contributed by atoms with E-state index in [4.69, 9.17) is 11.6 Å². The third-order valence-electron chi connectivity index (χ3n) is 9.12. The van der Waals surface area contributed by atoms with Gasteiger partial charge in [-0.1, -0.05) is 31.9 Å². The van der Waals surface area contributed by atoms with Gasteiger partial charge in [0, 0.05) is 35.9 Å². The van der Waals surface area contributed by atoms with Gasteiger partial charge in [0.1, 0.15) is 17.4 Å². The summed E-state index contributed by atoms with van der Waals surface area (Å²) in [6.45, 7) is 10.2. The van der Waals surface area contributed by atoms with Gasteiger partial charge in [-0.25, -0.2) is 4.39 Å². The second-order valence-electron chi connectivity index (χ2n) is 13.4. The van der Waals surface area contributed by atoms with Crippen LogP contribution < -0.4 is 16.2 Å². The van der Waals surface area contributed by atoms with Gasteiger partial charge in [0.2, 0.25) is 5.91 Å². The van der Waals surface area contributed by atoms with Crippen molar-refractivity contribution in [1.29, 1.82) is 0 Å². The first-order valence-electron chi connectivity index (χ1n) is 16.5. The Labute approximate surface area is 286 Å². The maximum atomic E-state index is 15.7. The number of amides is 2. The van der Waals surface area contributed by atoms with Crippen LogP contribution >= 0.6 is 11.6 Å². The lowest BCUT2D eigenvalue weighted by atomic mass is 9.90. The number of hydrogen-bond donors (Lipinski definition) is 3. The minimum Gasteiger partial charge on any atom is -0.481 e. The van der Waals surface area contributed by atoms with Crippen molar-refractivity contribution in [2.75, 3.05) is 13.6 Å². The highest BCUT2D eigenvalue weighted by Crippen LogP contribution is 2.34. The van der Waals surface area contributed by atoms with E-state index in [1.54, 1.807) is 43.5 Å². The third kappa shape index (κ3) is 8.90. The summed E-state index contributed by atoms with van der Waals surface area (Å²) in [4.78, 5) is 54.8. The summed E-state index contributed by atoms with van der Waals surface area (Å²) >= 11 is 6.24. The molecule has 1 aliphatic carbocycles. The standard InChI is InChI=1S/C37H46ClFN4O5/c1-21(2)15-31(41-35(46)28-11-8-12-43(37(28)48)14-13-42(6)27-9-7-10-27)36(47)40-30(20-32(44)45)29-19-25(16-24(5)34(29)39)33-22(3)17-26(38)18-23(33)4/h8,11-12,16-19,21,27,30-31H,7,9-10,13-15,20H2,1-6H3,(H,40,47)(H,41,46)(H,44,45)/t30-,31-/m0/s1. The number of benzene rings is 2. The molecule has 1 fully saturated rings. The summed E-state index contributed by atoms with van der Waals surface area (Å²) in [5, 5.41) is 15.8. The Morgan fingerprint density at radius 1 is 1.06 bits per heavy atom. The van der Waals surface area contributed by atoms with Crippen LogP contribution in [0.2, 0.25) is 5.02 Å². The first kappa shape index (κ1) is 36.8. The number of rotatable bonds is 14. The minimum atomic E-state index is -1.24. The van der Waals surface area contributed by atoms with Gasteiger partial charge in [0.05, 0.1) is 12.5 Å². The van der Waals surface area contributed by atoms with Crippen LogP contribution in [0.4, 0.5) is 4.39 Å². The van der Waals surface area contributed by atoms with Crippen molar-refractivity contribution in [3.05, 3.63) is 91.6 Å². The number of hydrogen-bond acceptors (Lipinski definition) is 5. The predicted octanol–water partition coefficient (Wildman–Crippen LogP) is 6.19. The zero-order valence-electron chi connectivity index (χ0n) is 28.5. The van der Waals surface area contributed by atoms with E-state index in [0.717, 1.165) is 29.5 Å². The van der Waals surface area contributed by atoms with E-state index in [1.165, 1.54) is 17.1 Å². The van der Waals surface area contributed by atoms with Gasteiger partial charge in [0.15, 0.2) is 0 Å². The van der Waals surface area contributed by atoms with Crippen LogP contribution in [0.3, 0.4) is 0 Å². The highest BCUT2D eigenvalue weighted by molar-refractivity contribution is 6.30. The van der Waals surface area contributed by atoms with E-state index in [2.05, 4.69) is 15.5 Å². The second-order valence-corrected chi connectivity index (χ2v) is 13.8. The molecule has 3 aromatic rings. The van der Waals surface area contributed by atoms with Gasteiger partial charge < -0.3 is 25.2 Å². The van der Waals surface area contributed by atoms with Crippen molar-refractivity contribution in [3.63, 3.8) is 0 Å². The minimum absolute atomic E-state index is 0.0157. The van der Waals surface area contributed by atoms with Crippen LogP contribution in [0, 0.1) is 32.5 Å². The molecule has 11 heteroatoms. The van der Waals surface area contributed by atoms with Crippen LogP contribution in [0.15, 0.2) is 47.4 Å². The van der Waals surface area contributed by atoms with Crippen LogP contribution in [0.1, 0.15) is 84.6 Å². The molecule has 258 valence electrons. The number of nitrogens with zero attached hydrogens (tertiary/aromatic N) is 2. The van der Waals surface area contributed by atoms with E-state index < -0.39 is 47.7 Å². The molecule has 2 amide bonds. The fourth-order valence-corrected chi connectivity index (χ4v) is 6.67. The quantitative estimate of drug-likeness (QED) is 0.187. The summed E-state index contributed by atoms with van der Waals surface area (Å²) < 4.78 is 17.2. The van der Waals surface area contributed by atoms with Crippen molar-refractivity contribution < 1.29 is 23.9 Å². The van der Waals surface area contributed by atoms with Crippen molar-refractivity contribution in [2.45, 2.75) is 91.4 Å². The Hall–Kier alpha value is -4.02. The number of aromatic nitrogens is 1. The van der Waals surface area contributed by atoms with Crippen molar-refractivity contribution in [2.24, 2.45) is 5.92 Å². The highest BCUT2D eigenvalue weighted by atomic mass is 35.5. The van der Waals surface area contributed by atoms with E-state index in [-0.39, 0.29) is 29.0 Å². The number of carbonyl (C=O) groups is 3. The normalized spacial score (nSPS) is 14.5. The lowest BCUT2D eigenvalue weighted by Crippen LogP contribution is -2.49. The SMILES string of the molecule is Cc1cc(-c2c(C)cc(Cl)cc2C)cc([C@H](CC(=O)O)NC(=O)[C@H](CC(C)C)NC(=O)c2cccn(CCN(C)C3CCC3)c2=O)c1F. The first-order valence-corrected chi connectivity index (χ1v) is 16.8. The number of nitrogens with one attached hydrogen (secondary N) is 2. The summed E-state index contributed by atoms with van der Waals surface area (Å²) in [6, 6.07) is 8.05. The largest absolute Gasteiger partial charge is 0.481 e. The number of aliphatic carboxylic acids is 1. The Kier molecular flexibility index (Phi) is 12.2. The zero-order valence-corrected chi connectivity index (χ0v) is 29.3. The van der Waals surface area contributed by atoms with Gasteiger partial charge in [-0.2, -0.15) is 0 Å². The van der Waals surface area contributed by atoms with E-state index in [9.17, 15) is 24.3 Å². The number of carboxylic acids is 1. The molecule has 1 heterocycles. The smallest absolute Gasteiger partial charge is 0.305 e. The molecule has 0 unspecified atom stereocenters. The number of halogens is 2. The Morgan fingerprint density at radius 3 is 2.31 bits per heavy atom. The van der Waals surface area contributed by atoms with E-state index in [0.29, 0.717) is 29.7 Å². The molecule has 2 atom stereocenters. The molecule has 0 saturated heterocycles. The molecule has 9 nitrogen and oxygen atoms in total. The summed E-state index contributed by atoms with van der Waals surface area (Å²) in [6.07, 6.45) is 4.73. The molecule has 3 N–H and O–H groups in total. The lowest BCUT2D eigenvalue weighted by Gasteiger charge is -2.34. The molecular weight excluding hydrogens is 635 g/mol. The Balaban J connectivity index is 1.60. The number of aryl methyl sites for hydroxylation is 3. The fourth-order valence-electron chi connectivity index (χ4n) is 6.35. The molecule has 4 rings (SSSR count). The van der Waals surface area contributed by atoms with Gasteiger partial charge in [-0.15, -0.1) is 0 Å². The van der Waals surface area contributed by atoms with Crippen molar-refractivity contribution >= 4 is 29.4 Å². The molecule has 2 aromatic carbocycles. The first-order chi connectivity index (χ1) is 22.7. The van der Waals surface area contributed by atoms with Crippen LogP contribution in [-0.2, 0) is 16.1 Å². The number of carboxylic acid groups (broad SMARTS) is 1. The average molecular weight is 681 g/mol. The summed E-state index contributed by atoms with van der Waals surface area (Å²) in [7, 11) is 2.03. The zero-order chi connectivity index (χ0) is 35.3. The van der Waals surface area contributed by atoms with Gasteiger partial charge in [0.25, 0.3) is 11.5 Å². The Morgan fingerprint density at radius 2 is 1.73 bits per heavy atom. The molecule has 48 heavy (non-hydrogen) atoms. The van der Waals surface area contributed by atoms with Crippen LogP contribution in [-0.4, -0.2) is 58.0 Å². The molecule has 0 bridgehead atoms. The Bertz CT molecular complexity index is 1710. The van der Waals surface area contributed by atoms with Gasteiger partial charge >= 0.3 is 5.97 Å². The second kappa shape index (κ2) is 15.9. The maximum absolute atomic E-state index is 15.7. The van der Waals surface area contributed by atoms with Gasteiger partial charge in [-0.3, -0.25) is 19.2 Å². The van der Waals surface area contributed by atoms with Crippen LogP contribution in [0.5, 0.6) is 0 Å². The maximum Gasteiger partial charge on any atom is 0.305 e. The molecule has 0 spiro atoms. The van der Waals surface area contributed by atoms with E-state index >= 15 is 4.39 Å². The monoisotopic (exact) mass is 680 g/mol. The van der Waals surface area contributed by atoms with E-state index in [1.807, 2.05) is 34.7 Å². The van der Waals surface area contributed by atoms with Gasteiger partial charge in [-0.05, 0) is 117 Å². The van der Waals surface area contributed by atoms with Crippen molar-refractivity contribution in [1.82, 2.24) is 20.1 Å². The molecule has 1 aromatic heterocycles. The lowest BCUT2D eigenvalue weighted by molar-refractivity contribution is -0.137. The molecular formula is C37H46ClFN4O5. The van der Waals surface area contributed by atoms with Crippen molar-refractivity contribution in [3.8, 4) is 11.1 Å². The molecule has 0 radical (unpaired) electrons. The third-order valence-corrected chi connectivity index (χ3v) is 9.34. The predicted molar refractivity (Wildman–Crippen MR) is 186 cm³/mol. The van der Waals surface area contributed by atoms with Crippen LogP contribution in [0.25, 0.3) is 11.1 Å². The highest BCUT2D eigenvalue weighted by Gasteiger charge is 2.30.